The molecule has 0 saturated heterocycles. The lowest BCUT2D eigenvalue weighted by Gasteiger charge is -2.12. The first-order valence-electron chi connectivity index (χ1n) is 13.8. The van der Waals surface area contributed by atoms with E-state index in [1.165, 1.54) is 12.1 Å². The average molecular weight is 649 g/mol. The second-order valence-electron chi connectivity index (χ2n) is 8.81. The Bertz CT molecular complexity index is 1810. The predicted octanol–water partition coefficient (Wildman–Crippen LogP) is 4.77. The zero-order chi connectivity index (χ0) is 34.7. The molecule has 48 heavy (non-hydrogen) atoms. The molecule has 3 aromatic rings. The number of carbonyl (C=O) groups is 4. The second kappa shape index (κ2) is 18.7. The normalized spacial score (nSPS) is 9.42. The van der Waals surface area contributed by atoms with Crippen LogP contribution in [0.2, 0.25) is 0 Å². The van der Waals surface area contributed by atoms with Gasteiger partial charge in [0.25, 0.3) is 0 Å². The molecule has 0 aliphatic carbocycles. The number of rotatable bonds is 14. The second-order valence-corrected chi connectivity index (χ2v) is 8.81. The van der Waals surface area contributed by atoms with Gasteiger partial charge >= 0.3 is 23.9 Å². The third-order valence-electron chi connectivity index (χ3n) is 5.60. The van der Waals surface area contributed by atoms with Crippen LogP contribution in [-0.2, 0) is 33.4 Å². The summed E-state index contributed by atoms with van der Waals surface area (Å²) in [6.07, 6.45) is 4.01. The Kier molecular flexibility index (Phi) is 13.9. The van der Waals surface area contributed by atoms with Gasteiger partial charge in [0.15, 0.2) is 5.75 Å². The van der Waals surface area contributed by atoms with Gasteiger partial charge in [0.2, 0.25) is 20.4 Å². The van der Waals surface area contributed by atoms with Crippen LogP contribution in [0, 0.1) is 23.7 Å². The lowest BCUT2D eigenvalue weighted by molar-refractivity contribution is -0.145. The van der Waals surface area contributed by atoms with Gasteiger partial charge in [-0.3, -0.25) is 0 Å². The minimum Gasteiger partial charge on any atom is -0.457 e. The number of hydrogen-bond acceptors (Lipinski definition) is 11. The molecule has 0 fully saturated rings. The molecule has 0 aliphatic rings. The van der Waals surface area contributed by atoms with E-state index in [4.69, 9.17) is 33.2 Å². The molecular weight excluding hydrogens is 620 g/mol. The van der Waals surface area contributed by atoms with Gasteiger partial charge in [-0.15, -0.1) is 0 Å². The molecule has 11 heteroatoms. The molecule has 3 rings (SSSR count). The van der Waals surface area contributed by atoms with Crippen LogP contribution in [0.3, 0.4) is 0 Å². The van der Waals surface area contributed by atoms with E-state index < -0.39 is 30.7 Å². The van der Waals surface area contributed by atoms with E-state index in [-0.39, 0.29) is 30.6 Å². The summed E-state index contributed by atoms with van der Waals surface area (Å²) in [5.74, 6) is 10.1. The van der Waals surface area contributed by atoms with E-state index in [1.54, 1.807) is 48.5 Å². The van der Waals surface area contributed by atoms with Crippen molar-refractivity contribution in [3.05, 3.63) is 134 Å². The molecule has 0 atom stereocenters. The van der Waals surface area contributed by atoms with Gasteiger partial charge in [-0.05, 0) is 60.7 Å². The SMILES string of the molecule is C=CC(=O)OCOc1ccc(C#Cc2cc(OCOC(=O)C=C)c(C#Cc3ccc(OCOC(=O)C=C)cc3)c(OC(=O)C=C)c2)cc1. The van der Waals surface area contributed by atoms with Crippen LogP contribution in [0.5, 0.6) is 23.0 Å². The first kappa shape index (κ1) is 35.5. The fourth-order valence-electron chi connectivity index (χ4n) is 3.32. The third kappa shape index (κ3) is 11.8. The van der Waals surface area contributed by atoms with Gasteiger partial charge in [0.1, 0.15) is 22.8 Å². The van der Waals surface area contributed by atoms with Crippen LogP contribution in [0.25, 0.3) is 0 Å². The van der Waals surface area contributed by atoms with E-state index in [0.717, 1.165) is 24.3 Å². The number of carbonyl (C=O) groups excluding carboxylic acids is 4. The largest absolute Gasteiger partial charge is 0.457 e. The van der Waals surface area contributed by atoms with Gasteiger partial charge in [-0.25, -0.2) is 19.2 Å². The molecule has 11 nitrogen and oxygen atoms in total. The van der Waals surface area contributed by atoms with Gasteiger partial charge in [-0.1, -0.05) is 50.0 Å². The summed E-state index contributed by atoms with van der Waals surface area (Å²) >= 11 is 0. The Labute approximate surface area is 276 Å². The molecule has 0 aromatic heterocycles. The highest BCUT2D eigenvalue weighted by Gasteiger charge is 2.15. The van der Waals surface area contributed by atoms with Crippen molar-refractivity contribution in [2.24, 2.45) is 0 Å². The van der Waals surface area contributed by atoms with E-state index in [1.807, 2.05) is 0 Å². The van der Waals surface area contributed by atoms with Crippen LogP contribution < -0.4 is 18.9 Å². The standard InChI is InChI=1S/C37H28O11/c1-5-34(38)45-23-42-29-16-11-26(12-17-29)9-10-28-21-32(44-25-47-36(40)7-3)31(33(22-28)48-37(41)8-4)20-15-27-13-18-30(19-14-27)43-24-46-35(39)6-2/h5-8,11-14,16-19,21-22H,1-4,23-25H2. The summed E-state index contributed by atoms with van der Waals surface area (Å²) in [4.78, 5) is 46.2. The zero-order valence-electron chi connectivity index (χ0n) is 25.5. The quantitative estimate of drug-likeness (QED) is 0.0598. The molecule has 0 radical (unpaired) electrons. The fourth-order valence-corrected chi connectivity index (χ4v) is 3.32. The van der Waals surface area contributed by atoms with Crippen molar-refractivity contribution < 1.29 is 52.3 Å². The van der Waals surface area contributed by atoms with E-state index in [0.29, 0.717) is 28.2 Å². The minimum atomic E-state index is -0.764. The zero-order valence-corrected chi connectivity index (χ0v) is 25.5. The first-order chi connectivity index (χ1) is 23.2. The summed E-state index contributed by atoms with van der Waals surface area (Å²) in [7, 11) is 0. The van der Waals surface area contributed by atoms with Crippen LogP contribution in [0.15, 0.2) is 111 Å². The lowest BCUT2D eigenvalue weighted by Crippen LogP contribution is -2.10. The highest BCUT2D eigenvalue weighted by molar-refractivity contribution is 5.84. The molecule has 0 heterocycles. The van der Waals surface area contributed by atoms with Crippen molar-refractivity contribution in [2.75, 3.05) is 20.4 Å². The van der Waals surface area contributed by atoms with Crippen molar-refractivity contribution in [3.8, 4) is 46.7 Å². The summed E-state index contributed by atoms with van der Waals surface area (Å²) in [6, 6.07) is 16.2. The molecule has 0 N–H and O–H groups in total. The summed E-state index contributed by atoms with van der Waals surface area (Å²) in [5, 5.41) is 0. The first-order valence-corrected chi connectivity index (χ1v) is 13.8. The van der Waals surface area contributed by atoms with E-state index in [9.17, 15) is 19.2 Å². The van der Waals surface area contributed by atoms with Crippen molar-refractivity contribution in [2.45, 2.75) is 0 Å². The monoisotopic (exact) mass is 648 g/mol. The summed E-state index contributed by atoms with van der Waals surface area (Å²) in [6.45, 7) is 12.3. The fraction of sp³-hybridized carbons (Fsp3) is 0.0811. The topological polar surface area (TPSA) is 133 Å². The highest BCUT2D eigenvalue weighted by atomic mass is 16.7. The van der Waals surface area contributed by atoms with Gasteiger partial charge in [0.05, 0.1) is 0 Å². The van der Waals surface area contributed by atoms with Gasteiger partial charge < -0.3 is 33.2 Å². The maximum atomic E-state index is 12.3. The Morgan fingerprint density at radius 3 is 1.35 bits per heavy atom. The average Bonchev–Trinajstić information content (AvgIpc) is 3.11. The van der Waals surface area contributed by atoms with Crippen LogP contribution >= 0.6 is 0 Å². The van der Waals surface area contributed by atoms with Crippen LogP contribution in [0.4, 0.5) is 0 Å². The van der Waals surface area contributed by atoms with Crippen molar-refractivity contribution in [3.63, 3.8) is 0 Å². The predicted molar refractivity (Wildman–Crippen MR) is 172 cm³/mol. The number of benzene rings is 3. The Balaban J connectivity index is 1.92. The number of ether oxygens (including phenoxy) is 7. The van der Waals surface area contributed by atoms with Gasteiger partial charge in [-0.2, -0.15) is 0 Å². The van der Waals surface area contributed by atoms with Gasteiger partial charge in [0, 0.05) is 41.0 Å². The molecule has 0 spiro atoms. The van der Waals surface area contributed by atoms with E-state index >= 15 is 0 Å². The van der Waals surface area contributed by atoms with E-state index in [2.05, 4.69) is 50.0 Å². The minimum absolute atomic E-state index is 0.00561. The summed E-state index contributed by atoms with van der Waals surface area (Å²) < 4.78 is 36.4. The molecule has 3 aromatic carbocycles. The molecule has 0 bridgehead atoms. The van der Waals surface area contributed by atoms with Crippen molar-refractivity contribution in [1.82, 2.24) is 0 Å². The third-order valence-corrected chi connectivity index (χ3v) is 5.60. The molecular formula is C37H28O11. The number of hydrogen-bond donors (Lipinski definition) is 0. The van der Waals surface area contributed by atoms with Crippen LogP contribution in [-0.4, -0.2) is 44.3 Å². The Hall–Kier alpha value is -6.98. The molecule has 0 amide bonds. The Morgan fingerprint density at radius 2 is 0.896 bits per heavy atom. The molecule has 0 aliphatic heterocycles. The molecule has 0 unspecified atom stereocenters. The van der Waals surface area contributed by atoms with Crippen LogP contribution in [0.1, 0.15) is 22.3 Å². The molecule has 0 saturated carbocycles. The lowest BCUT2D eigenvalue weighted by atomic mass is 10.1. The number of esters is 4. The van der Waals surface area contributed by atoms with Crippen molar-refractivity contribution in [1.29, 1.82) is 0 Å². The smallest absolute Gasteiger partial charge is 0.335 e. The Morgan fingerprint density at radius 1 is 0.500 bits per heavy atom. The summed E-state index contributed by atoms with van der Waals surface area (Å²) in [5.41, 5.74) is 1.67. The maximum Gasteiger partial charge on any atom is 0.335 e. The van der Waals surface area contributed by atoms with Crippen molar-refractivity contribution >= 4 is 23.9 Å². The highest BCUT2D eigenvalue weighted by Crippen LogP contribution is 2.31. The maximum absolute atomic E-state index is 12.3. The molecule has 242 valence electrons.